The average molecular weight is 549 g/mol. The maximum absolute atomic E-state index is 13.7. The van der Waals surface area contributed by atoms with Crippen LogP contribution in [0.2, 0.25) is 0 Å². The molecule has 208 valence electrons. The predicted molar refractivity (Wildman–Crippen MR) is 159 cm³/mol. The molecule has 6 heteroatoms. The topological polar surface area (TPSA) is 61.8 Å². The third-order valence-corrected chi connectivity index (χ3v) is 8.95. The zero-order chi connectivity index (χ0) is 26.8. The van der Waals surface area contributed by atoms with E-state index in [1.807, 2.05) is 86.6 Å². The molecule has 0 unspecified atom stereocenters. The number of para-hydroxylation sites is 1. The smallest absolute Gasteiger partial charge is 0.230 e. The van der Waals surface area contributed by atoms with Crippen molar-refractivity contribution in [3.63, 3.8) is 0 Å². The summed E-state index contributed by atoms with van der Waals surface area (Å²) in [6.45, 7) is 8.77. The Bertz CT molecular complexity index is 1240. The molecule has 1 saturated carbocycles. The van der Waals surface area contributed by atoms with E-state index in [4.69, 9.17) is 4.74 Å². The van der Waals surface area contributed by atoms with Gasteiger partial charge in [0.05, 0.1) is 5.41 Å². The van der Waals surface area contributed by atoms with Crippen LogP contribution in [0.1, 0.15) is 51.2 Å². The van der Waals surface area contributed by atoms with Gasteiger partial charge in [-0.2, -0.15) is 0 Å². The number of aromatic hydroxyl groups is 1. The number of amides is 1. The fourth-order valence-electron chi connectivity index (χ4n) is 6.66. The van der Waals surface area contributed by atoms with E-state index in [2.05, 4.69) is 23.2 Å². The van der Waals surface area contributed by atoms with Crippen LogP contribution < -0.4 is 10.1 Å². The Labute approximate surface area is 239 Å². The minimum atomic E-state index is -0.624. The zero-order valence-electron chi connectivity index (χ0n) is 23.2. The van der Waals surface area contributed by atoms with Crippen molar-refractivity contribution in [2.75, 3.05) is 19.7 Å². The molecule has 3 aromatic carbocycles. The van der Waals surface area contributed by atoms with Gasteiger partial charge in [0.2, 0.25) is 5.91 Å². The van der Waals surface area contributed by atoms with Gasteiger partial charge in [-0.05, 0) is 74.4 Å². The van der Waals surface area contributed by atoms with Gasteiger partial charge in [0, 0.05) is 30.6 Å². The Balaban J connectivity index is 0.00000353. The first-order chi connectivity index (χ1) is 18.3. The molecule has 5 nitrogen and oxygen atoms in total. The van der Waals surface area contributed by atoms with E-state index >= 15 is 0 Å². The number of benzene rings is 3. The van der Waals surface area contributed by atoms with Crippen molar-refractivity contribution in [3.05, 3.63) is 96.1 Å². The number of rotatable bonds is 8. The molecule has 2 aliphatic rings. The number of hydrogen-bond donors (Lipinski definition) is 2. The van der Waals surface area contributed by atoms with Crippen molar-refractivity contribution < 1.29 is 14.6 Å². The van der Waals surface area contributed by atoms with Crippen molar-refractivity contribution >= 4 is 18.3 Å². The van der Waals surface area contributed by atoms with Gasteiger partial charge in [0.15, 0.2) is 0 Å². The van der Waals surface area contributed by atoms with Crippen LogP contribution in [0, 0.1) is 5.92 Å². The minimum Gasteiger partial charge on any atom is -0.508 e. The van der Waals surface area contributed by atoms with Gasteiger partial charge in [-0.25, -0.2) is 0 Å². The summed E-state index contributed by atoms with van der Waals surface area (Å²) in [4.78, 5) is 16.2. The molecule has 1 amide bonds. The molecule has 1 saturated heterocycles. The number of fused-ring (bicyclic) bond motifs is 2. The van der Waals surface area contributed by atoms with Gasteiger partial charge in [0.25, 0.3) is 0 Å². The first-order valence-corrected chi connectivity index (χ1v) is 13.9. The van der Waals surface area contributed by atoms with Crippen molar-refractivity contribution in [2.45, 2.75) is 62.9 Å². The number of phenols is 1. The molecule has 3 aromatic rings. The quantitative estimate of drug-likeness (QED) is 0.357. The minimum absolute atomic E-state index is 0. The lowest BCUT2D eigenvalue weighted by Gasteiger charge is -2.56. The summed E-state index contributed by atoms with van der Waals surface area (Å²) in [5, 5.41) is 13.8. The predicted octanol–water partition coefficient (Wildman–Crippen LogP) is 6.10. The molecule has 1 aliphatic heterocycles. The number of likely N-dealkylation sites (tertiary alicyclic amines) is 1. The van der Waals surface area contributed by atoms with E-state index in [-0.39, 0.29) is 29.8 Å². The van der Waals surface area contributed by atoms with Crippen LogP contribution in [-0.4, -0.2) is 47.7 Å². The highest BCUT2D eigenvalue weighted by molar-refractivity contribution is 5.87. The van der Waals surface area contributed by atoms with Crippen LogP contribution in [0.25, 0.3) is 0 Å². The first kappa shape index (κ1) is 29.0. The highest BCUT2D eigenvalue weighted by Crippen LogP contribution is 2.50. The molecule has 1 heterocycles. The van der Waals surface area contributed by atoms with Crippen LogP contribution in [0.3, 0.4) is 0 Å². The van der Waals surface area contributed by atoms with Gasteiger partial charge < -0.3 is 15.2 Å². The third kappa shape index (κ3) is 6.10. The Morgan fingerprint density at radius 2 is 1.72 bits per heavy atom. The fourth-order valence-corrected chi connectivity index (χ4v) is 6.66. The molecule has 2 bridgehead atoms. The van der Waals surface area contributed by atoms with E-state index in [0.29, 0.717) is 24.3 Å². The van der Waals surface area contributed by atoms with Crippen LogP contribution in [0.4, 0.5) is 0 Å². The molecular weight excluding hydrogens is 508 g/mol. The lowest BCUT2D eigenvalue weighted by molar-refractivity contribution is -0.127. The monoisotopic (exact) mass is 548 g/mol. The van der Waals surface area contributed by atoms with Crippen molar-refractivity contribution in [1.82, 2.24) is 10.2 Å². The summed E-state index contributed by atoms with van der Waals surface area (Å²) in [5.41, 5.74) is 1.47. The molecule has 2 N–H and O–H groups in total. The fraction of sp³-hybridized carbons (Fsp3) is 0.424. The van der Waals surface area contributed by atoms with Gasteiger partial charge in [-0.1, -0.05) is 67.6 Å². The number of nitrogens with zero attached hydrogens (tertiary/aromatic N) is 1. The number of carbonyl (C=O) groups is 1. The first-order valence-electron chi connectivity index (χ1n) is 13.9. The van der Waals surface area contributed by atoms with E-state index in [9.17, 15) is 9.90 Å². The van der Waals surface area contributed by atoms with E-state index in [0.717, 1.165) is 43.7 Å². The maximum Gasteiger partial charge on any atom is 0.230 e. The normalized spacial score (nSPS) is 24.8. The van der Waals surface area contributed by atoms with Gasteiger partial charge in [0.1, 0.15) is 18.1 Å². The summed E-state index contributed by atoms with van der Waals surface area (Å²) in [7, 11) is 0. The SMILES string of the molecule is C[C@H]1CN(CCOc2ccccc2)[C@@H]2C[C@@H](NC(=O)C(C)(C)c3ccccc3)C[C@@]1(c1cccc(O)c1)C2.Cl. The number of piperidine rings is 1. The number of phenolic OH excluding ortho intramolecular Hbond substituents is 1. The number of halogens is 1. The van der Waals surface area contributed by atoms with Crippen LogP contribution in [-0.2, 0) is 15.6 Å². The van der Waals surface area contributed by atoms with Crippen molar-refractivity contribution in [1.29, 1.82) is 0 Å². The summed E-state index contributed by atoms with van der Waals surface area (Å²) >= 11 is 0. The third-order valence-electron chi connectivity index (χ3n) is 8.95. The highest BCUT2D eigenvalue weighted by Gasteiger charge is 2.51. The molecule has 0 aromatic heterocycles. The largest absolute Gasteiger partial charge is 0.508 e. The van der Waals surface area contributed by atoms with Crippen molar-refractivity contribution in [2.24, 2.45) is 5.92 Å². The van der Waals surface area contributed by atoms with E-state index in [1.54, 1.807) is 6.07 Å². The molecule has 2 fully saturated rings. The summed E-state index contributed by atoms with van der Waals surface area (Å²) < 4.78 is 6.05. The summed E-state index contributed by atoms with van der Waals surface area (Å²) in [5.74, 6) is 1.62. The lowest BCUT2D eigenvalue weighted by Crippen LogP contribution is -2.62. The summed E-state index contributed by atoms with van der Waals surface area (Å²) in [6, 6.07) is 28.1. The van der Waals surface area contributed by atoms with Crippen LogP contribution in [0.5, 0.6) is 11.5 Å². The highest BCUT2D eigenvalue weighted by atomic mass is 35.5. The second kappa shape index (κ2) is 12.0. The van der Waals surface area contributed by atoms with Crippen molar-refractivity contribution in [3.8, 4) is 11.5 Å². The second-order valence-corrected chi connectivity index (χ2v) is 11.7. The molecule has 39 heavy (non-hydrogen) atoms. The Morgan fingerprint density at radius 1 is 1.03 bits per heavy atom. The van der Waals surface area contributed by atoms with Gasteiger partial charge >= 0.3 is 0 Å². The van der Waals surface area contributed by atoms with Crippen LogP contribution >= 0.6 is 12.4 Å². The Morgan fingerprint density at radius 3 is 2.41 bits per heavy atom. The molecule has 5 rings (SSSR count). The molecule has 0 radical (unpaired) electrons. The van der Waals surface area contributed by atoms with Gasteiger partial charge in [-0.15, -0.1) is 12.4 Å². The second-order valence-electron chi connectivity index (χ2n) is 11.7. The number of nitrogens with one attached hydrogen (secondary N) is 1. The molecular formula is C33H41ClN2O3. The standard InChI is InChI=1S/C33H40N2O3.ClH/c1-24-23-35(17-18-38-30-15-8-5-9-16-30)28-20-27(21-33(24,22-28)26-13-10-14-29(36)19-26)34-31(37)32(2,3)25-11-6-4-7-12-25;/h4-16,19,24,27-28,36H,17-18,20-23H2,1-3H3,(H,34,37);1H/t24-,27+,28+,33+;/m0./s1. The Kier molecular flexibility index (Phi) is 8.93. The average Bonchev–Trinajstić information content (AvgIpc) is 2.92. The summed E-state index contributed by atoms with van der Waals surface area (Å²) in [6.07, 6.45) is 2.80. The maximum atomic E-state index is 13.7. The molecule has 0 spiro atoms. The Hall–Kier alpha value is -3.02. The molecule has 4 atom stereocenters. The van der Waals surface area contributed by atoms with Crippen LogP contribution in [0.15, 0.2) is 84.9 Å². The zero-order valence-corrected chi connectivity index (χ0v) is 24.0. The van der Waals surface area contributed by atoms with E-state index < -0.39 is 5.41 Å². The van der Waals surface area contributed by atoms with Gasteiger partial charge in [-0.3, -0.25) is 9.69 Å². The van der Waals surface area contributed by atoms with E-state index in [1.165, 1.54) is 5.56 Å². The lowest BCUT2D eigenvalue weighted by atomic mass is 9.57. The number of hydrogen-bond acceptors (Lipinski definition) is 4. The number of ether oxygens (including phenoxy) is 1. The molecule has 1 aliphatic carbocycles. The number of carbonyl (C=O) groups excluding carboxylic acids is 1.